The Hall–Kier alpha value is -2.12. The van der Waals surface area contributed by atoms with Crippen LogP contribution in [0.2, 0.25) is 10.0 Å². The maximum absolute atomic E-state index is 12.5. The van der Waals surface area contributed by atoms with E-state index in [0.29, 0.717) is 35.2 Å². The molecular formula is C23H28Cl2N4O2. The van der Waals surface area contributed by atoms with Crippen LogP contribution in [0.1, 0.15) is 17.5 Å². The molecule has 31 heavy (non-hydrogen) atoms. The molecule has 0 radical (unpaired) electrons. The number of nitrogens with one attached hydrogen (secondary N) is 2. The third kappa shape index (κ3) is 6.94. The van der Waals surface area contributed by atoms with Gasteiger partial charge in [-0.1, -0.05) is 41.4 Å². The SMILES string of the molecule is Cc1cccc(C)c1NC(=O)CN1CCN(CCC(=O)Nc2cc(Cl)ccc2Cl)CC1. The molecular weight excluding hydrogens is 435 g/mol. The van der Waals surface area contributed by atoms with Crippen molar-refractivity contribution in [1.82, 2.24) is 9.80 Å². The zero-order valence-electron chi connectivity index (χ0n) is 17.9. The summed E-state index contributed by atoms with van der Waals surface area (Å²) in [6.45, 7) is 8.26. The summed E-state index contributed by atoms with van der Waals surface area (Å²) in [4.78, 5) is 29.1. The lowest BCUT2D eigenvalue weighted by Gasteiger charge is -2.34. The molecule has 2 amide bonds. The van der Waals surface area contributed by atoms with E-state index in [1.807, 2.05) is 32.0 Å². The molecule has 1 aliphatic rings. The van der Waals surface area contributed by atoms with Crippen LogP contribution < -0.4 is 10.6 Å². The summed E-state index contributed by atoms with van der Waals surface area (Å²) >= 11 is 12.1. The zero-order chi connectivity index (χ0) is 22.4. The molecule has 0 aliphatic carbocycles. The van der Waals surface area contributed by atoms with Crippen LogP contribution in [0.25, 0.3) is 0 Å². The first-order chi connectivity index (χ1) is 14.8. The lowest BCUT2D eigenvalue weighted by Crippen LogP contribution is -2.49. The van der Waals surface area contributed by atoms with Gasteiger partial charge in [-0.25, -0.2) is 0 Å². The van der Waals surface area contributed by atoms with E-state index in [2.05, 4.69) is 20.4 Å². The molecule has 2 N–H and O–H groups in total. The van der Waals surface area contributed by atoms with Crippen molar-refractivity contribution in [2.45, 2.75) is 20.3 Å². The van der Waals surface area contributed by atoms with Crippen molar-refractivity contribution in [3.8, 4) is 0 Å². The van der Waals surface area contributed by atoms with Gasteiger partial charge in [0.15, 0.2) is 0 Å². The summed E-state index contributed by atoms with van der Waals surface area (Å²) in [5, 5.41) is 6.84. The van der Waals surface area contributed by atoms with Crippen LogP contribution in [0, 0.1) is 13.8 Å². The molecule has 1 heterocycles. The van der Waals surface area contributed by atoms with Crippen molar-refractivity contribution in [3.63, 3.8) is 0 Å². The minimum absolute atomic E-state index is 0.00336. The van der Waals surface area contributed by atoms with Gasteiger partial charge in [-0.05, 0) is 43.2 Å². The highest BCUT2D eigenvalue weighted by Gasteiger charge is 2.20. The normalized spacial score (nSPS) is 15.0. The monoisotopic (exact) mass is 462 g/mol. The number of para-hydroxylation sites is 1. The third-order valence-electron chi connectivity index (χ3n) is 5.44. The van der Waals surface area contributed by atoms with Gasteiger partial charge in [-0.15, -0.1) is 0 Å². The average molecular weight is 463 g/mol. The molecule has 2 aromatic rings. The molecule has 0 aromatic heterocycles. The van der Waals surface area contributed by atoms with Crippen LogP contribution >= 0.6 is 23.2 Å². The Morgan fingerprint density at radius 3 is 2.23 bits per heavy atom. The fourth-order valence-electron chi connectivity index (χ4n) is 3.63. The molecule has 0 bridgehead atoms. The van der Waals surface area contributed by atoms with Crippen LogP contribution in [0.5, 0.6) is 0 Å². The minimum Gasteiger partial charge on any atom is -0.325 e. The molecule has 6 nitrogen and oxygen atoms in total. The first kappa shape index (κ1) is 23.5. The molecule has 0 spiro atoms. The number of piperazine rings is 1. The van der Waals surface area contributed by atoms with Crippen LogP contribution in [-0.2, 0) is 9.59 Å². The van der Waals surface area contributed by atoms with Gasteiger partial charge in [0.1, 0.15) is 0 Å². The number of hydrogen-bond donors (Lipinski definition) is 2. The first-order valence-corrected chi connectivity index (χ1v) is 11.1. The van der Waals surface area contributed by atoms with Gasteiger partial charge in [-0.2, -0.15) is 0 Å². The van der Waals surface area contributed by atoms with E-state index in [0.717, 1.165) is 43.0 Å². The molecule has 166 valence electrons. The number of aryl methyl sites for hydroxylation is 2. The molecule has 8 heteroatoms. The molecule has 0 saturated carbocycles. The van der Waals surface area contributed by atoms with Crippen molar-refractivity contribution in [3.05, 3.63) is 57.6 Å². The quantitative estimate of drug-likeness (QED) is 0.646. The van der Waals surface area contributed by atoms with E-state index in [9.17, 15) is 9.59 Å². The van der Waals surface area contributed by atoms with Crippen LogP contribution in [-0.4, -0.2) is 60.9 Å². The van der Waals surface area contributed by atoms with Gasteiger partial charge in [0.25, 0.3) is 0 Å². The Balaban J connectivity index is 1.39. The van der Waals surface area contributed by atoms with E-state index in [1.54, 1.807) is 18.2 Å². The van der Waals surface area contributed by atoms with Crippen molar-refractivity contribution in [1.29, 1.82) is 0 Å². The van der Waals surface area contributed by atoms with Gasteiger partial charge in [0.2, 0.25) is 11.8 Å². The number of amides is 2. The largest absolute Gasteiger partial charge is 0.325 e. The van der Waals surface area contributed by atoms with Crippen LogP contribution in [0.4, 0.5) is 11.4 Å². The van der Waals surface area contributed by atoms with E-state index >= 15 is 0 Å². The predicted octanol–water partition coefficient (Wildman–Crippen LogP) is 4.20. The standard InChI is InChI=1S/C23H28Cl2N4O2/c1-16-4-3-5-17(2)23(16)27-22(31)15-29-12-10-28(11-13-29)9-8-21(30)26-20-14-18(24)6-7-19(20)25/h3-7,14H,8-13,15H2,1-2H3,(H,26,30)(H,27,31). The Labute approximate surface area is 193 Å². The Kier molecular flexibility index (Phi) is 8.32. The van der Waals surface area contributed by atoms with E-state index in [1.165, 1.54) is 0 Å². The number of hydrogen-bond acceptors (Lipinski definition) is 4. The Morgan fingerprint density at radius 2 is 1.55 bits per heavy atom. The number of carbonyl (C=O) groups is 2. The summed E-state index contributed by atoms with van der Waals surface area (Å²) in [6.07, 6.45) is 0.371. The minimum atomic E-state index is -0.0976. The highest BCUT2D eigenvalue weighted by atomic mass is 35.5. The number of benzene rings is 2. The average Bonchev–Trinajstić information content (AvgIpc) is 2.73. The van der Waals surface area contributed by atoms with Gasteiger partial charge < -0.3 is 15.5 Å². The van der Waals surface area contributed by atoms with Crippen molar-refractivity contribution in [2.75, 3.05) is 49.9 Å². The van der Waals surface area contributed by atoms with Gasteiger partial charge in [0.05, 0.1) is 17.3 Å². The molecule has 0 unspecified atom stereocenters. The predicted molar refractivity (Wildman–Crippen MR) is 127 cm³/mol. The number of anilines is 2. The summed E-state index contributed by atoms with van der Waals surface area (Å²) < 4.78 is 0. The Morgan fingerprint density at radius 1 is 0.903 bits per heavy atom. The Bertz CT molecular complexity index is 923. The van der Waals surface area contributed by atoms with Crippen LogP contribution in [0.3, 0.4) is 0 Å². The van der Waals surface area contributed by atoms with E-state index in [4.69, 9.17) is 23.2 Å². The van der Waals surface area contributed by atoms with Gasteiger partial charge >= 0.3 is 0 Å². The third-order valence-corrected chi connectivity index (χ3v) is 6.00. The molecule has 3 rings (SSSR count). The lowest BCUT2D eigenvalue weighted by atomic mass is 10.1. The second-order valence-corrected chi connectivity index (χ2v) is 8.70. The molecule has 1 saturated heterocycles. The topological polar surface area (TPSA) is 64.7 Å². The summed E-state index contributed by atoms with van der Waals surface area (Å²) in [5.74, 6) is -0.0943. The maximum Gasteiger partial charge on any atom is 0.238 e. The first-order valence-electron chi connectivity index (χ1n) is 10.4. The molecule has 0 atom stereocenters. The number of nitrogens with zero attached hydrogens (tertiary/aromatic N) is 2. The van der Waals surface area contributed by atoms with E-state index < -0.39 is 0 Å². The second kappa shape index (κ2) is 11.0. The summed E-state index contributed by atoms with van der Waals surface area (Å²) in [7, 11) is 0. The fourth-order valence-corrected chi connectivity index (χ4v) is 3.97. The molecule has 1 fully saturated rings. The zero-order valence-corrected chi connectivity index (χ0v) is 19.4. The lowest BCUT2D eigenvalue weighted by molar-refractivity contribution is -0.117. The highest BCUT2D eigenvalue weighted by molar-refractivity contribution is 6.35. The fraction of sp³-hybridized carbons (Fsp3) is 0.391. The van der Waals surface area contributed by atoms with Crippen molar-refractivity contribution < 1.29 is 9.59 Å². The molecule has 1 aliphatic heterocycles. The summed E-state index contributed by atoms with van der Waals surface area (Å²) in [5.41, 5.74) is 3.56. The number of halogens is 2. The second-order valence-electron chi connectivity index (χ2n) is 7.86. The van der Waals surface area contributed by atoms with Gasteiger partial charge in [0, 0.05) is 49.9 Å². The smallest absolute Gasteiger partial charge is 0.238 e. The number of rotatable bonds is 7. The molecule has 2 aromatic carbocycles. The van der Waals surface area contributed by atoms with Crippen molar-refractivity contribution in [2.24, 2.45) is 0 Å². The van der Waals surface area contributed by atoms with E-state index in [-0.39, 0.29) is 11.8 Å². The van der Waals surface area contributed by atoms with Gasteiger partial charge in [-0.3, -0.25) is 14.5 Å². The highest BCUT2D eigenvalue weighted by Crippen LogP contribution is 2.25. The number of carbonyl (C=O) groups excluding carboxylic acids is 2. The van der Waals surface area contributed by atoms with Crippen molar-refractivity contribution >= 4 is 46.4 Å². The van der Waals surface area contributed by atoms with Crippen LogP contribution in [0.15, 0.2) is 36.4 Å². The maximum atomic E-state index is 12.5. The summed E-state index contributed by atoms with van der Waals surface area (Å²) in [6, 6.07) is 11.0.